The lowest BCUT2D eigenvalue weighted by Crippen LogP contribution is -2.37. The van der Waals surface area contributed by atoms with Crippen molar-refractivity contribution < 1.29 is 4.79 Å². The van der Waals surface area contributed by atoms with E-state index in [4.69, 9.17) is 0 Å². The molecule has 0 spiro atoms. The van der Waals surface area contributed by atoms with Crippen molar-refractivity contribution in [3.8, 4) is 0 Å². The summed E-state index contributed by atoms with van der Waals surface area (Å²) in [5, 5.41) is 6.23. The number of hydrogen-bond acceptors (Lipinski definition) is 3. The Bertz CT molecular complexity index is 377. The van der Waals surface area contributed by atoms with Gasteiger partial charge in [0.25, 0.3) is 0 Å². The molecule has 18 heavy (non-hydrogen) atoms. The fourth-order valence-electron chi connectivity index (χ4n) is 1.99. The number of piperidine rings is 1. The fourth-order valence-corrected chi connectivity index (χ4v) is 2.40. The summed E-state index contributed by atoms with van der Waals surface area (Å²) >= 11 is 1.70. The van der Waals surface area contributed by atoms with Gasteiger partial charge in [-0.1, -0.05) is 0 Å². The molecule has 1 fully saturated rings. The van der Waals surface area contributed by atoms with Gasteiger partial charge in [0.05, 0.1) is 5.92 Å². The Kier molecular flexibility index (Phi) is 6.54. The Balaban J connectivity index is 0.00000162. The largest absolute Gasteiger partial charge is 0.326 e. The van der Waals surface area contributed by atoms with Crippen LogP contribution >= 0.6 is 24.2 Å². The van der Waals surface area contributed by atoms with E-state index in [1.807, 2.05) is 30.5 Å². The molecule has 2 N–H and O–H groups in total. The Labute approximate surface area is 119 Å². The third-order valence-electron chi connectivity index (χ3n) is 3.03. The number of benzene rings is 1. The van der Waals surface area contributed by atoms with Crippen molar-refractivity contribution >= 4 is 35.8 Å². The molecule has 0 saturated carbocycles. The molecule has 1 heterocycles. The van der Waals surface area contributed by atoms with Gasteiger partial charge < -0.3 is 10.6 Å². The number of amides is 1. The van der Waals surface area contributed by atoms with E-state index >= 15 is 0 Å². The van der Waals surface area contributed by atoms with Crippen LogP contribution in [0.2, 0.25) is 0 Å². The lowest BCUT2D eigenvalue weighted by Gasteiger charge is -2.21. The van der Waals surface area contributed by atoms with Crippen LogP contribution in [0.4, 0.5) is 5.69 Å². The Hall–Kier alpha value is -0.710. The third kappa shape index (κ3) is 4.19. The van der Waals surface area contributed by atoms with Gasteiger partial charge in [0, 0.05) is 17.1 Å². The normalized spacial score (nSPS) is 18.8. The Morgan fingerprint density at radius 3 is 2.67 bits per heavy atom. The van der Waals surface area contributed by atoms with E-state index in [9.17, 15) is 4.79 Å². The molecule has 0 aromatic heterocycles. The number of anilines is 1. The fraction of sp³-hybridized carbons (Fsp3) is 0.462. The van der Waals surface area contributed by atoms with Crippen LogP contribution in [-0.4, -0.2) is 25.3 Å². The molecule has 1 atom stereocenters. The van der Waals surface area contributed by atoms with Crippen molar-refractivity contribution in [3.05, 3.63) is 24.3 Å². The van der Waals surface area contributed by atoms with Gasteiger partial charge in [0.2, 0.25) is 5.91 Å². The quantitative estimate of drug-likeness (QED) is 0.840. The number of thioether (sulfide) groups is 1. The lowest BCUT2D eigenvalue weighted by molar-refractivity contribution is -0.120. The van der Waals surface area contributed by atoms with Gasteiger partial charge in [0.1, 0.15) is 0 Å². The summed E-state index contributed by atoms with van der Waals surface area (Å²) in [6.45, 7) is 1.83. The molecule has 1 aromatic rings. The van der Waals surface area contributed by atoms with Gasteiger partial charge in [-0.3, -0.25) is 4.79 Å². The van der Waals surface area contributed by atoms with Gasteiger partial charge in [-0.05, 0) is 49.9 Å². The first-order valence-electron chi connectivity index (χ1n) is 5.95. The second-order valence-electron chi connectivity index (χ2n) is 4.26. The van der Waals surface area contributed by atoms with Crippen molar-refractivity contribution in [1.82, 2.24) is 5.32 Å². The number of hydrogen-bond donors (Lipinski definition) is 2. The SMILES string of the molecule is CSc1ccc(NC(=O)[C@@H]2CCCNC2)cc1.Cl. The molecule has 0 radical (unpaired) electrons. The Morgan fingerprint density at radius 1 is 1.39 bits per heavy atom. The second-order valence-corrected chi connectivity index (χ2v) is 5.14. The summed E-state index contributed by atoms with van der Waals surface area (Å²) in [6.07, 6.45) is 4.12. The zero-order chi connectivity index (χ0) is 12.1. The Morgan fingerprint density at radius 2 is 2.11 bits per heavy atom. The van der Waals surface area contributed by atoms with E-state index in [0.717, 1.165) is 31.6 Å². The van der Waals surface area contributed by atoms with Crippen molar-refractivity contribution in [2.45, 2.75) is 17.7 Å². The topological polar surface area (TPSA) is 41.1 Å². The molecule has 1 saturated heterocycles. The highest BCUT2D eigenvalue weighted by Gasteiger charge is 2.20. The van der Waals surface area contributed by atoms with Crippen molar-refractivity contribution in [3.63, 3.8) is 0 Å². The molecule has 0 aliphatic carbocycles. The van der Waals surface area contributed by atoms with Gasteiger partial charge >= 0.3 is 0 Å². The van der Waals surface area contributed by atoms with Crippen LogP contribution in [0, 0.1) is 5.92 Å². The van der Waals surface area contributed by atoms with Crippen LogP contribution < -0.4 is 10.6 Å². The number of halogens is 1. The maximum atomic E-state index is 12.0. The third-order valence-corrected chi connectivity index (χ3v) is 3.77. The van der Waals surface area contributed by atoms with Crippen molar-refractivity contribution in [1.29, 1.82) is 0 Å². The van der Waals surface area contributed by atoms with Crippen LogP contribution in [-0.2, 0) is 4.79 Å². The van der Waals surface area contributed by atoms with Gasteiger partial charge in [0.15, 0.2) is 0 Å². The molecule has 0 unspecified atom stereocenters. The first-order valence-corrected chi connectivity index (χ1v) is 7.17. The minimum Gasteiger partial charge on any atom is -0.326 e. The van der Waals surface area contributed by atoms with Crippen LogP contribution in [0.15, 0.2) is 29.2 Å². The summed E-state index contributed by atoms with van der Waals surface area (Å²) in [5.41, 5.74) is 0.887. The van der Waals surface area contributed by atoms with Crippen LogP contribution in [0.1, 0.15) is 12.8 Å². The van der Waals surface area contributed by atoms with E-state index in [1.165, 1.54) is 4.90 Å². The molecular formula is C13H19ClN2OS. The van der Waals surface area contributed by atoms with E-state index < -0.39 is 0 Å². The van der Waals surface area contributed by atoms with Crippen molar-refractivity contribution in [2.24, 2.45) is 5.92 Å². The van der Waals surface area contributed by atoms with E-state index in [2.05, 4.69) is 10.6 Å². The number of carbonyl (C=O) groups excluding carboxylic acids is 1. The number of rotatable bonds is 3. The van der Waals surface area contributed by atoms with Gasteiger partial charge in [-0.15, -0.1) is 24.2 Å². The number of nitrogens with one attached hydrogen (secondary N) is 2. The molecule has 0 bridgehead atoms. The highest BCUT2D eigenvalue weighted by molar-refractivity contribution is 7.98. The zero-order valence-electron chi connectivity index (χ0n) is 10.4. The van der Waals surface area contributed by atoms with E-state index in [1.54, 1.807) is 11.8 Å². The summed E-state index contributed by atoms with van der Waals surface area (Å²) in [7, 11) is 0. The average Bonchev–Trinajstić information content (AvgIpc) is 2.40. The van der Waals surface area contributed by atoms with Gasteiger partial charge in [-0.25, -0.2) is 0 Å². The minimum atomic E-state index is 0. The standard InChI is InChI=1S/C13H18N2OS.ClH/c1-17-12-6-4-11(5-7-12)15-13(16)10-3-2-8-14-9-10;/h4-7,10,14H,2-3,8-9H2,1H3,(H,15,16);1H/t10-;/m1./s1. The monoisotopic (exact) mass is 286 g/mol. The van der Waals surface area contributed by atoms with Crippen LogP contribution in [0.3, 0.4) is 0 Å². The smallest absolute Gasteiger partial charge is 0.228 e. The summed E-state index contributed by atoms with van der Waals surface area (Å²) < 4.78 is 0. The summed E-state index contributed by atoms with van der Waals surface area (Å²) in [4.78, 5) is 13.2. The second kappa shape index (κ2) is 7.67. The molecule has 1 amide bonds. The maximum absolute atomic E-state index is 12.0. The molecule has 1 aliphatic rings. The summed E-state index contributed by atoms with van der Waals surface area (Å²) in [6, 6.07) is 7.97. The predicted octanol–water partition coefficient (Wildman–Crippen LogP) is 2.77. The number of carbonyl (C=O) groups is 1. The highest BCUT2D eigenvalue weighted by atomic mass is 35.5. The highest BCUT2D eigenvalue weighted by Crippen LogP contribution is 2.19. The first kappa shape index (κ1) is 15.3. The molecule has 5 heteroatoms. The van der Waals surface area contributed by atoms with Gasteiger partial charge in [-0.2, -0.15) is 0 Å². The molecule has 100 valence electrons. The molecule has 2 rings (SSSR count). The zero-order valence-corrected chi connectivity index (χ0v) is 12.1. The molecule has 1 aliphatic heterocycles. The minimum absolute atomic E-state index is 0. The molecule has 3 nitrogen and oxygen atoms in total. The molecule has 1 aromatic carbocycles. The maximum Gasteiger partial charge on any atom is 0.228 e. The first-order chi connectivity index (χ1) is 8.29. The summed E-state index contributed by atoms with van der Waals surface area (Å²) in [5.74, 6) is 0.248. The molecular weight excluding hydrogens is 268 g/mol. The van der Waals surface area contributed by atoms with Crippen LogP contribution in [0.25, 0.3) is 0 Å². The average molecular weight is 287 g/mol. The van der Waals surface area contributed by atoms with Crippen molar-refractivity contribution in [2.75, 3.05) is 24.7 Å². The predicted molar refractivity (Wildman–Crippen MR) is 79.7 cm³/mol. The van der Waals surface area contributed by atoms with E-state index in [-0.39, 0.29) is 24.2 Å². The van der Waals surface area contributed by atoms with Crippen LogP contribution in [0.5, 0.6) is 0 Å². The lowest BCUT2D eigenvalue weighted by atomic mass is 9.99. The van der Waals surface area contributed by atoms with E-state index in [0.29, 0.717) is 0 Å².